The monoisotopic (exact) mass is 389 g/mol. The van der Waals surface area contributed by atoms with Crippen molar-refractivity contribution in [2.45, 2.75) is 39.3 Å². The fourth-order valence-electron chi connectivity index (χ4n) is 4.33. The molecule has 2 aliphatic heterocycles. The quantitative estimate of drug-likeness (QED) is 0.748. The number of carbonyl (C=O) groups excluding carboxylic acids is 1. The van der Waals surface area contributed by atoms with E-state index in [-0.39, 0.29) is 12.0 Å². The largest absolute Gasteiger partial charge is 0.497 e. The van der Waals surface area contributed by atoms with Crippen molar-refractivity contribution in [3.05, 3.63) is 23.8 Å². The Labute approximate surface area is 169 Å². The van der Waals surface area contributed by atoms with Crippen molar-refractivity contribution in [2.24, 2.45) is 5.92 Å². The van der Waals surface area contributed by atoms with Crippen LogP contribution in [0.2, 0.25) is 0 Å². The Morgan fingerprint density at radius 3 is 2.89 bits per heavy atom. The molecule has 3 rings (SSSR count). The Bertz CT molecular complexity index is 666. The SMILES string of the molecule is CCN1CCC[C@H](CN(C)C(=O)CN2Cc3ccc(OC)cc3O[C@H](C)C2)C1. The average molecular weight is 390 g/mol. The number of carbonyl (C=O) groups is 1. The minimum Gasteiger partial charge on any atom is -0.497 e. The lowest BCUT2D eigenvalue weighted by atomic mass is 9.97. The van der Waals surface area contributed by atoms with Crippen LogP contribution in [-0.4, -0.2) is 80.1 Å². The topological polar surface area (TPSA) is 45.2 Å². The number of likely N-dealkylation sites (N-methyl/N-ethyl adjacent to an activating group) is 1. The molecule has 2 heterocycles. The Morgan fingerprint density at radius 2 is 2.14 bits per heavy atom. The van der Waals surface area contributed by atoms with Crippen LogP contribution < -0.4 is 9.47 Å². The van der Waals surface area contributed by atoms with Crippen LogP contribution in [0.5, 0.6) is 11.5 Å². The van der Waals surface area contributed by atoms with Gasteiger partial charge >= 0.3 is 0 Å². The van der Waals surface area contributed by atoms with Crippen LogP contribution in [0, 0.1) is 5.92 Å². The molecule has 1 aromatic rings. The number of rotatable bonds is 6. The standard InChI is InChI=1S/C22H35N3O3/c1-5-24-10-6-7-18(14-24)13-23(3)22(26)16-25-12-17(2)28-21-11-20(27-4)9-8-19(21)15-25/h8-9,11,17-18H,5-7,10,12-16H2,1-4H3/t17-,18-/m1/s1. The van der Waals surface area contributed by atoms with E-state index in [1.54, 1.807) is 7.11 Å². The Morgan fingerprint density at radius 1 is 1.32 bits per heavy atom. The molecular weight excluding hydrogens is 354 g/mol. The molecule has 6 heteroatoms. The molecule has 2 atom stereocenters. The van der Waals surface area contributed by atoms with Gasteiger partial charge in [0.2, 0.25) is 5.91 Å². The number of amides is 1. The highest BCUT2D eigenvalue weighted by molar-refractivity contribution is 5.78. The maximum atomic E-state index is 12.9. The molecule has 1 aromatic carbocycles. The summed E-state index contributed by atoms with van der Waals surface area (Å²) in [4.78, 5) is 19.5. The summed E-state index contributed by atoms with van der Waals surface area (Å²) >= 11 is 0. The number of benzene rings is 1. The fourth-order valence-corrected chi connectivity index (χ4v) is 4.33. The summed E-state index contributed by atoms with van der Waals surface area (Å²) in [6.07, 6.45) is 2.49. The first kappa shape index (κ1) is 20.9. The maximum Gasteiger partial charge on any atom is 0.236 e. The number of ether oxygens (including phenoxy) is 2. The van der Waals surface area contributed by atoms with E-state index in [9.17, 15) is 4.79 Å². The normalized spacial score (nSPS) is 23.4. The minimum atomic E-state index is 0.0305. The lowest BCUT2D eigenvalue weighted by Crippen LogP contribution is -2.45. The zero-order valence-electron chi connectivity index (χ0n) is 17.8. The van der Waals surface area contributed by atoms with Crippen molar-refractivity contribution in [3.63, 3.8) is 0 Å². The molecule has 1 fully saturated rings. The van der Waals surface area contributed by atoms with Gasteiger partial charge in [-0.05, 0) is 44.8 Å². The summed E-state index contributed by atoms with van der Waals surface area (Å²) < 4.78 is 11.4. The van der Waals surface area contributed by atoms with E-state index in [4.69, 9.17) is 9.47 Å². The summed E-state index contributed by atoms with van der Waals surface area (Å²) in [5, 5.41) is 0. The lowest BCUT2D eigenvalue weighted by molar-refractivity contribution is -0.132. The predicted molar refractivity (Wildman–Crippen MR) is 111 cm³/mol. The van der Waals surface area contributed by atoms with Crippen LogP contribution in [0.15, 0.2) is 18.2 Å². The number of hydrogen-bond donors (Lipinski definition) is 0. The van der Waals surface area contributed by atoms with Crippen molar-refractivity contribution >= 4 is 5.91 Å². The van der Waals surface area contributed by atoms with Gasteiger partial charge in [0.25, 0.3) is 0 Å². The first-order valence-electron chi connectivity index (χ1n) is 10.5. The Balaban J connectivity index is 1.58. The molecule has 0 unspecified atom stereocenters. The van der Waals surface area contributed by atoms with Gasteiger partial charge in [-0.3, -0.25) is 9.69 Å². The molecule has 0 bridgehead atoms. The number of nitrogens with zero attached hydrogens (tertiary/aromatic N) is 3. The number of fused-ring (bicyclic) bond motifs is 1. The van der Waals surface area contributed by atoms with Gasteiger partial charge in [-0.2, -0.15) is 0 Å². The second-order valence-corrected chi connectivity index (χ2v) is 8.25. The molecule has 0 radical (unpaired) electrons. The average Bonchev–Trinajstić information content (AvgIpc) is 2.84. The number of likely N-dealkylation sites (tertiary alicyclic amines) is 1. The summed E-state index contributed by atoms with van der Waals surface area (Å²) in [5.41, 5.74) is 1.10. The lowest BCUT2D eigenvalue weighted by Gasteiger charge is -2.34. The van der Waals surface area contributed by atoms with Gasteiger partial charge in [0.05, 0.1) is 13.7 Å². The van der Waals surface area contributed by atoms with E-state index in [1.165, 1.54) is 19.4 Å². The van der Waals surface area contributed by atoms with Crippen molar-refractivity contribution in [1.82, 2.24) is 14.7 Å². The highest BCUT2D eigenvalue weighted by atomic mass is 16.5. The fraction of sp³-hybridized carbons (Fsp3) is 0.682. The summed E-state index contributed by atoms with van der Waals surface area (Å²) in [6.45, 7) is 10.4. The van der Waals surface area contributed by atoms with E-state index < -0.39 is 0 Å². The highest BCUT2D eigenvalue weighted by Gasteiger charge is 2.25. The second-order valence-electron chi connectivity index (χ2n) is 8.25. The summed E-state index contributed by atoms with van der Waals surface area (Å²) in [7, 11) is 3.61. The predicted octanol–water partition coefficient (Wildman–Crippen LogP) is 2.47. The molecule has 156 valence electrons. The van der Waals surface area contributed by atoms with Gasteiger partial charge in [0.1, 0.15) is 17.6 Å². The van der Waals surface area contributed by atoms with Crippen molar-refractivity contribution < 1.29 is 14.3 Å². The van der Waals surface area contributed by atoms with Crippen LogP contribution >= 0.6 is 0 Å². The number of piperidine rings is 1. The van der Waals surface area contributed by atoms with E-state index in [2.05, 4.69) is 23.6 Å². The van der Waals surface area contributed by atoms with Gasteiger partial charge < -0.3 is 19.3 Å². The van der Waals surface area contributed by atoms with Gasteiger partial charge in [0.15, 0.2) is 0 Å². The molecule has 0 saturated carbocycles. The molecule has 0 spiro atoms. The first-order chi connectivity index (χ1) is 13.5. The van der Waals surface area contributed by atoms with Crippen LogP contribution in [0.4, 0.5) is 0 Å². The van der Waals surface area contributed by atoms with Crippen LogP contribution in [0.1, 0.15) is 32.3 Å². The van der Waals surface area contributed by atoms with Gasteiger partial charge in [-0.15, -0.1) is 0 Å². The third-order valence-electron chi connectivity index (χ3n) is 5.88. The Kier molecular flexibility index (Phi) is 7.18. The highest BCUT2D eigenvalue weighted by Crippen LogP contribution is 2.29. The number of methoxy groups -OCH3 is 1. The van der Waals surface area contributed by atoms with E-state index in [0.717, 1.165) is 49.8 Å². The third kappa shape index (κ3) is 5.39. The van der Waals surface area contributed by atoms with Gasteiger partial charge in [0, 0.05) is 44.9 Å². The zero-order chi connectivity index (χ0) is 20.1. The minimum absolute atomic E-state index is 0.0305. The van der Waals surface area contributed by atoms with Gasteiger partial charge in [-0.1, -0.05) is 13.0 Å². The molecule has 1 saturated heterocycles. The first-order valence-corrected chi connectivity index (χ1v) is 10.5. The molecule has 2 aliphatic rings. The van der Waals surface area contributed by atoms with Crippen LogP contribution in [0.25, 0.3) is 0 Å². The molecular formula is C22H35N3O3. The van der Waals surface area contributed by atoms with Crippen molar-refractivity contribution in [3.8, 4) is 11.5 Å². The van der Waals surface area contributed by atoms with E-state index >= 15 is 0 Å². The maximum absolute atomic E-state index is 12.9. The van der Waals surface area contributed by atoms with Crippen molar-refractivity contribution in [2.75, 3.05) is 53.4 Å². The van der Waals surface area contributed by atoms with Crippen LogP contribution in [0.3, 0.4) is 0 Å². The smallest absolute Gasteiger partial charge is 0.236 e. The third-order valence-corrected chi connectivity index (χ3v) is 5.88. The molecule has 0 N–H and O–H groups in total. The van der Waals surface area contributed by atoms with Crippen LogP contribution in [-0.2, 0) is 11.3 Å². The second kappa shape index (κ2) is 9.61. The molecule has 0 aliphatic carbocycles. The summed E-state index contributed by atoms with van der Waals surface area (Å²) in [6, 6.07) is 5.92. The molecule has 28 heavy (non-hydrogen) atoms. The number of hydrogen-bond acceptors (Lipinski definition) is 5. The summed E-state index contributed by atoms with van der Waals surface area (Å²) in [5.74, 6) is 2.43. The molecule has 1 amide bonds. The Hall–Kier alpha value is -1.79. The zero-order valence-corrected chi connectivity index (χ0v) is 17.8. The van der Waals surface area contributed by atoms with Crippen molar-refractivity contribution in [1.29, 1.82) is 0 Å². The van der Waals surface area contributed by atoms with E-state index in [1.807, 2.05) is 30.1 Å². The molecule has 6 nitrogen and oxygen atoms in total. The van der Waals surface area contributed by atoms with E-state index in [0.29, 0.717) is 12.5 Å². The van der Waals surface area contributed by atoms with Gasteiger partial charge in [-0.25, -0.2) is 0 Å². The molecule has 0 aromatic heterocycles.